The van der Waals surface area contributed by atoms with Gasteiger partial charge in [0.1, 0.15) is 5.82 Å². The predicted octanol–water partition coefficient (Wildman–Crippen LogP) is 1.31. The van der Waals surface area contributed by atoms with Crippen molar-refractivity contribution in [1.29, 1.82) is 0 Å². The van der Waals surface area contributed by atoms with Crippen LogP contribution in [0.25, 0.3) is 0 Å². The minimum Gasteiger partial charge on any atom is -0.338 e. The summed E-state index contributed by atoms with van der Waals surface area (Å²) in [5, 5.41) is 0. The monoisotopic (exact) mass is 279 g/mol. The second-order valence-corrected chi connectivity index (χ2v) is 6.56. The molecule has 0 aromatic carbocycles. The van der Waals surface area contributed by atoms with Crippen molar-refractivity contribution in [3.8, 4) is 0 Å². The molecule has 1 saturated carbocycles. The zero-order valence-electron chi connectivity index (χ0n) is 13.3. The molecule has 1 fully saturated rings. The molecule has 114 valence electrons. The number of rotatable bonds is 5. The van der Waals surface area contributed by atoms with Gasteiger partial charge in [-0.1, -0.05) is 6.92 Å². The van der Waals surface area contributed by atoms with Crippen molar-refractivity contribution < 1.29 is 0 Å². The fraction of sp³-hybridized carbons (Fsp3) is 0.800. The lowest BCUT2D eigenvalue weighted by Crippen LogP contribution is -2.63. The van der Waals surface area contributed by atoms with Crippen LogP contribution in [0, 0.1) is 5.92 Å². The summed E-state index contributed by atoms with van der Waals surface area (Å²) in [5.41, 5.74) is 3.21. The molecule has 20 heavy (non-hydrogen) atoms. The predicted molar refractivity (Wildman–Crippen MR) is 82.1 cm³/mol. The molecule has 1 atom stereocenters. The fourth-order valence-corrected chi connectivity index (χ4v) is 3.55. The Bertz CT molecular complexity index is 418. The molecule has 0 spiro atoms. The SMILES string of the molecule is CC1CCC(C(Cc2nccn2C)NN)(N(C)C)CC1. The summed E-state index contributed by atoms with van der Waals surface area (Å²) in [4.78, 5) is 6.82. The summed E-state index contributed by atoms with van der Waals surface area (Å²) in [7, 11) is 6.40. The summed E-state index contributed by atoms with van der Waals surface area (Å²) in [6, 6.07) is 0.228. The molecule has 1 aromatic heterocycles. The highest BCUT2D eigenvalue weighted by atomic mass is 15.3. The van der Waals surface area contributed by atoms with E-state index in [1.165, 1.54) is 25.7 Å². The standard InChI is InChI=1S/C15H29N5/c1-12-5-7-15(8-6-12,19(2)3)13(18-16)11-14-17-9-10-20(14)4/h9-10,12-13,18H,5-8,11,16H2,1-4H3. The minimum absolute atomic E-state index is 0.132. The van der Waals surface area contributed by atoms with E-state index in [2.05, 4.69) is 40.9 Å². The number of imidazole rings is 1. The zero-order chi connectivity index (χ0) is 14.8. The van der Waals surface area contributed by atoms with Gasteiger partial charge in [-0.3, -0.25) is 11.3 Å². The molecule has 1 aliphatic rings. The van der Waals surface area contributed by atoms with Gasteiger partial charge in [-0.25, -0.2) is 4.98 Å². The largest absolute Gasteiger partial charge is 0.338 e. The first kappa shape index (κ1) is 15.5. The summed E-state index contributed by atoms with van der Waals surface area (Å²) in [5.74, 6) is 7.83. The van der Waals surface area contributed by atoms with Gasteiger partial charge in [0, 0.05) is 37.4 Å². The van der Waals surface area contributed by atoms with Gasteiger partial charge in [-0.05, 0) is 45.7 Å². The molecular formula is C15H29N5. The van der Waals surface area contributed by atoms with Crippen LogP contribution in [0.5, 0.6) is 0 Å². The third-order valence-corrected chi connectivity index (χ3v) is 5.19. The maximum Gasteiger partial charge on any atom is 0.110 e. The van der Waals surface area contributed by atoms with Crippen LogP contribution in [0.2, 0.25) is 0 Å². The van der Waals surface area contributed by atoms with Crippen molar-refractivity contribution in [3.05, 3.63) is 18.2 Å². The van der Waals surface area contributed by atoms with E-state index in [-0.39, 0.29) is 11.6 Å². The van der Waals surface area contributed by atoms with Crippen LogP contribution < -0.4 is 11.3 Å². The van der Waals surface area contributed by atoms with E-state index in [1.807, 2.05) is 19.4 Å². The molecule has 1 aromatic rings. The Kier molecular flexibility index (Phi) is 4.83. The van der Waals surface area contributed by atoms with Crippen molar-refractivity contribution in [2.75, 3.05) is 14.1 Å². The van der Waals surface area contributed by atoms with E-state index >= 15 is 0 Å². The number of hydrogen-bond acceptors (Lipinski definition) is 4. The second-order valence-electron chi connectivity index (χ2n) is 6.56. The Hall–Kier alpha value is -0.910. The van der Waals surface area contributed by atoms with E-state index in [4.69, 9.17) is 5.84 Å². The smallest absolute Gasteiger partial charge is 0.110 e. The van der Waals surface area contributed by atoms with Gasteiger partial charge in [-0.15, -0.1) is 0 Å². The molecule has 0 aliphatic heterocycles. The van der Waals surface area contributed by atoms with Crippen molar-refractivity contribution in [3.63, 3.8) is 0 Å². The van der Waals surface area contributed by atoms with Crippen molar-refractivity contribution in [1.82, 2.24) is 19.9 Å². The Morgan fingerprint density at radius 1 is 1.50 bits per heavy atom. The third-order valence-electron chi connectivity index (χ3n) is 5.19. The van der Waals surface area contributed by atoms with E-state index in [1.54, 1.807) is 0 Å². The van der Waals surface area contributed by atoms with Gasteiger partial charge in [0.05, 0.1) is 0 Å². The molecule has 1 heterocycles. The van der Waals surface area contributed by atoms with E-state index in [0.717, 1.165) is 18.2 Å². The van der Waals surface area contributed by atoms with Crippen molar-refractivity contribution >= 4 is 0 Å². The van der Waals surface area contributed by atoms with Gasteiger partial charge in [0.25, 0.3) is 0 Å². The number of hydrazine groups is 1. The summed E-state index contributed by atoms with van der Waals surface area (Å²) in [6.07, 6.45) is 9.66. The highest BCUT2D eigenvalue weighted by Crippen LogP contribution is 2.38. The molecular weight excluding hydrogens is 250 g/mol. The average molecular weight is 279 g/mol. The summed E-state index contributed by atoms with van der Waals surface area (Å²) in [6.45, 7) is 2.35. The van der Waals surface area contributed by atoms with E-state index in [0.29, 0.717) is 0 Å². The molecule has 3 N–H and O–H groups in total. The summed E-state index contributed by atoms with van der Waals surface area (Å²) >= 11 is 0. The molecule has 0 amide bonds. The first-order valence-corrected chi connectivity index (χ1v) is 7.59. The Balaban J connectivity index is 2.20. The van der Waals surface area contributed by atoms with Crippen LogP contribution in [-0.4, -0.2) is 40.1 Å². The van der Waals surface area contributed by atoms with Crippen LogP contribution in [0.3, 0.4) is 0 Å². The molecule has 1 aliphatic carbocycles. The average Bonchev–Trinajstić information content (AvgIpc) is 2.82. The Labute approximate surface area is 122 Å². The van der Waals surface area contributed by atoms with Crippen LogP contribution in [0.4, 0.5) is 0 Å². The molecule has 0 bridgehead atoms. The van der Waals surface area contributed by atoms with Gasteiger partial charge < -0.3 is 9.47 Å². The normalized spacial score (nSPS) is 28.8. The molecule has 2 rings (SSSR count). The number of nitrogens with one attached hydrogen (secondary N) is 1. The topological polar surface area (TPSA) is 59.1 Å². The first-order chi connectivity index (χ1) is 9.49. The van der Waals surface area contributed by atoms with Crippen LogP contribution in [-0.2, 0) is 13.5 Å². The van der Waals surface area contributed by atoms with Crippen LogP contribution in [0.1, 0.15) is 38.4 Å². The quantitative estimate of drug-likeness (QED) is 0.630. The van der Waals surface area contributed by atoms with Gasteiger partial charge in [-0.2, -0.15) is 0 Å². The third kappa shape index (κ3) is 2.90. The minimum atomic E-state index is 0.132. The highest BCUT2D eigenvalue weighted by molar-refractivity contribution is 5.06. The number of likely N-dealkylation sites (N-methyl/N-ethyl adjacent to an activating group) is 1. The summed E-state index contributed by atoms with van der Waals surface area (Å²) < 4.78 is 2.08. The Morgan fingerprint density at radius 2 is 2.15 bits per heavy atom. The fourth-order valence-electron chi connectivity index (χ4n) is 3.55. The molecule has 1 unspecified atom stereocenters. The number of nitrogens with two attached hydrogens (primary N) is 1. The first-order valence-electron chi connectivity index (χ1n) is 7.59. The molecule has 5 nitrogen and oxygen atoms in total. The number of hydrogen-bond donors (Lipinski definition) is 2. The lowest BCUT2D eigenvalue weighted by Gasteiger charge is -2.49. The van der Waals surface area contributed by atoms with Gasteiger partial charge >= 0.3 is 0 Å². The molecule has 5 heteroatoms. The lowest BCUT2D eigenvalue weighted by atomic mass is 9.71. The maximum absolute atomic E-state index is 5.91. The maximum atomic E-state index is 5.91. The van der Waals surface area contributed by atoms with E-state index < -0.39 is 0 Å². The highest BCUT2D eigenvalue weighted by Gasteiger charge is 2.43. The van der Waals surface area contributed by atoms with Gasteiger partial charge in [0.2, 0.25) is 0 Å². The molecule has 0 saturated heterocycles. The van der Waals surface area contributed by atoms with Crippen LogP contribution in [0.15, 0.2) is 12.4 Å². The van der Waals surface area contributed by atoms with Crippen molar-refractivity contribution in [2.45, 2.75) is 50.6 Å². The number of aromatic nitrogens is 2. The van der Waals surface area contributed by atoms with Crippen LogP contribution >= 0.6 is 0 Å². The van der Waals surface area contributed by atoms with Crippen molar-refractivity contribution in [2.24, 2.45) is 18.8 Å². The number of aryl methyl sites for hydroxylation is 1. The molecule has 0 radical (unpaired) electrons. The second kappa shape index (κ2) is 6.24. The Morgan fingerprint density at radius 3 is 2.60 bits per heavy atom. The lowest BCUT2D eigenvalue weighted by molar-refractivity contribution is 0.0425. The zero-order valence-corrected chi connectivity index (χ0v) is 13.3. The van der Waals surface area contributed by atoms with Gasteiger partial charge in [0.15, 0.2) is 0 Å². The van der Waals surface area contributed by atoms with E-state index in [9.17, 15) is 0 Å². The number of nitrogens with zero attached hydrogens (tertiary/aromatic N) is 3.